The van der Waals surface area contributed by atoms with Crippen LogP contribution in [0.5, 0.6) is 5.75 Å². The number of carbonyl (C=O) groups is 2. The summed E-state index contributed by atoms with van der Waals surface area (Å²) in [7, 11) is 0. The van der Waals surface area contributed by atoms with Gasteiger partial charge in [0.25, 0.3) is 5.91 Å². The number of benzene rings is 2. The average Bonchev–Trinajstić information content (AvgIpc) is 2.79. The summed E-state index contributed by atoms with van der Waals surface area (Å²) in [5, 5.41) is 5.98. The number of hydrogen-bond donors (Lipinski definition) is 2. The van der Waals surface area contributed by atoms with Crippen molar-refractivity contribution < 1.29 is 14.3 Å². The van der Waals surface area contributed by atoms with Crippen LogP contribution < -0.4 is 15.4 Å². The van der Waals surface area contributed by atoms with Gasteiger partial charge in [0.2, 0.25) is 5.91 Å². The summed E-state index contributed by atoms with van der Waals surface area (Å²) in [5.74, 6) is 1.36. The Bertz CT molecular complexity index is 859. The summed E-state index contributed by atoms with van der Waals surface area (Å²) in [6.07, 6.45) is 4.22. The molecule has 1 aliphatic rings. The summed E-state index contributed by atoms with van der Waals surface area (Å²) in [6, 6.07) is 14.7. The van der Waals surface area contributed by atoms with E-state index in [2.05, 4.69) is 24.5 Å². The monoisotopic (exact) mass is 423 g/mol. The van der Waals surface area contributed by atoms with Crippen molar-refractivity contribution >= 4 is 23.2 Å². The van der Waals surface area contributed by atoms with E-state index in [0.717, 1.165) is 50.2 Å². The predicted octanol–water partition coefficient (Wildman–Crippen LogP) is 4.79. The lowest BCUT2D eigenvalue weighted by molar-refractivity contribution is -0.114. The Morgan fingerprint density at radius 3 is 2.52 bits per heavy atom. The van der Waals surface area contributed by atoms with Crippen LogP contribution in [0, 0.1) is 5.92 Å². The highest BCUT2D eigenvalue weighted by Gasteiger charge is 2.21. The van der Waals surface area contributed by atoms with E-state index in [1.807, 2.05) is 29.2 Å². The SMILES string of the molecule is CCCCOc1ccc(NCC(=O)Nc2cccc(C(=O)N3CCC(C)CC3)c2)cc1. The highest BCUT2D eigenvalue weighted by atomic mass is 16.5. The molecule has 0 bridgehead atoms. The molecular weight excluding hydrogens is 390 g/mol. The molecule has 3 rings (SSSR count). The minimum absolute atomic E-state index is 0.0300. The van der Waals surface area contributed by atoms with E-state index in [4.69, 9.17) is 4.74 Å². The van der Waals surface area contributed by atoms with Gasteiger partial charge in [0.05, 0.1) is 13.2 Å². The number of likely N-dealkylation sites (tertiary alicyclic amines) is 1. The molecule has 0 atom stereocenters. The van der Waals surface area contributed by atoms with Crippen LogP contribution in [0.1, 0.15) is 49.9 Å². The Labute approximate surface area is 185 Å². The zero-order valence-electron chi connectivity index (χ0n) is 18.5. The average molecular weight is 424 g/mol. The first-order valence-electron chi connectivity index (χ1n) is 11.2. The van der Waals surface area contributed by atoms with Crippen molar-refractivity contribution in [3.8, 4) is 5.75 Å². The summed E-state index contributed by atoms with van der Waals surface area (Å²) in [6.45, 7) is 6.79. The molecule has 0 aromatic heterocycles. The molecule has 1 aliphatic heterocycles. The zero-order chi connectivity index (χ0) is 22.1. The van der Waals surface area contributed by atoms with Gasteiger partial charge in [-0.3, -0.25) is 9.59 Å². The molecule has 1 heterocycles. The van der Waals surface area contributed by atoms with Gasteiger partial charge in [-0.1, -0.05) is 26.3 Å². The number of ether oxygens (including phenoxy) is 1. The number of carbonyl (C=O) groups excluding carboxylic acids is 2. The molecule has 0 saturated carbocycles. The largest absolute Gasteiger partial charge is 0.494 e. The number of nitrogens with one attached hydrogen (secondary N) is 2. The third-order valence-electron chi connectivity index (χ3n) is 5.54. The van der Waals surface area contributed by atoms with Crippen LogP contribution in [0.4, 0.5) is 11.4 Å². The normalized spacial score (nSPS) is 14.2. The number of amides is 2. The topological polar surface area (TPSA) is 70.7 Å². The number of rotatable bonds is 9. The predicted molar refractivity (Wildman–Crippen MR) is 125 cm³/mol. The summed E-state index contributed by atoms with van der Waals surface area (Å²) in [4.78, 5) is 27.0. The molecule has 6 nitrogen and oxygen atoms in total. The molecule has 2 aromatic rings. The maximum atomic E-state index is 12.8. The van der Waals surface area contributed by atoms with Gasteiger partial charge in [-0.15, -0.1) is 0 Å². The first kappa shape index (κ1) is 22.7. The van der Waals surface area contributed by atoms with Gasteiger partial charge in [0, 0.05) is 30.0 Å². The van der Waals surface area contributed by atoms with Gasteiger partial charge in [-0.05, 0) is 67.6 Å². The first-order valence-corrected chi connectivity index (χ1v) is 11.2. The van der Waals surface area contributed by atoms with E-state index < -0.39 is 0 Å². The number of piperidine rings is 1. The van der Waals surface area contributed by atoms with Crippen LogP contribution in [0.15, 0.2) is 48.5 Å². The van der Waals surface area contributed by atoms with Crippen molar-refractivity contribution in [2.24, 2.45) is 5.92 Å². The molecule has 1 fully saturated rings. The van der Waals surface area contributed by atoms with E-state index in [1.165, 1.54) is 0 Å². The van der Waals surface area contributed by atoms with Crippen molar-refractivity contribution in [2.75, 3.05) is 36.9 Å². The number of hydrogen-bond acceptors (Lipinski definition) is 4. The quantitative estimate of drug-likeness (QED) is 0.569. The molecule has 0 unspecified atom stereocenters. The molecule has 1 saturated heterocycles. The fraction of sp³-hybridized carbons (Fsp3) is 0.440. The molecule has 2 amide bonds. The van der Waals surface area contributed by atoms with Crippen LogP contribution >= 0.6 is 0 Å². The lowest BCUT2D eigenvalue weighted by Crippen LogP contribution is -2.37. The second kappa shape index (κ2) is 11.4. The Kier molecular flexibility index (Phi) is 8.33. The van der Waals surface area contributed by atoms with Crippen LogP contribution in [0.2, 0.25) is 0 Å². The molecule has 6 heteroatoms. The Hall–Kier alpha value is -3.02. The smallest absolute Gasteiger partial charge is 0.253 e. The molecule has 0 spiro atoms. The number of unbranched alkanes of at least 4 members (excludes halogenated alkanes) is 1. The molecule has 31 heavy (non-hydrogen) atoms. The van der Waals surface area contributed by atoms with E-state index in [1.54, 1.807) is 24.3 Å². The first-order chi connectivity index (χ1) is 15.0. The second-order valence-corrected chi connectivity index (χ2v) is 8.18. The minimum Gasteiger partial charge on any atom is -0.494 e. The standard InChI is InChI=1S/C25H33N3O3/c1-3-4-16-31-23-10-8-21(9-11-23)26-18-24(29)27-22-7-5-6-20(17-22)25(30)28-14-12-19(2)13-15-28/h5-11,17,19,26H,3-4,12-16,18H2,1-2H3,(H,27,29). The molecule has 166 valence electrons. The van der Waals surface area contributed by atoms with Crippen molar-refractivity contribution in [3.63, 3.8) is 0 Å². The van der Waals surface area contributed by atoms with Crippen LogP contribution in [0.3, 0.4) is 0 Å². The van der Waals surface area contributed by atoms with E-state index in [0.29, 0.717) is 23.8 Å². The highest BCUT2D eigenvalue weighted by Crippen LogP contribution is 2.20. The van der Waals surface area contributed by atoms with Crippen molar-refractivity contribution in [1.82, 2.24) is 4.90 Å². The summed E-state index contributed by atoms with van der Waals surface area (Å²) in [5.41, 5.74) is 2.09. The van der Waals surface area contributed by atoms with Gasteiger partial charge in [0.1, 0.15) is 5.75 Å². The Morgan fingerprint density at radius 1 is 1.06 bits per heavy atom. The van der Waals surface area contributed by atoms with Crippen molar-refractivity contribution in [3.05, 3.63) is 54.1 Å². The zero-order valence-corrected chi connectivity index (χ0v) is 18.5. The van der Waals surface area contributed by atoms with Gasteiger partial charge < -0.3 is 20.3 Å². The Balaban J connectivity index is 1.48. The van der Waals surface area contributed by atoms with Crippen LogP contribution in [0.25, 0.3) is 0 Å². The van der Waals surface area contributed by atoms with Crippen molar-refractivity contribution in [1.29, 1.82) is 0 Å². The maximum absolute atomic E-state index is 12.8. The lowest BCUT2D eigenvalue weighted by Gasteiger charge is -2.30. The van der Waals surface area contributed by atoms with Gasteiger partial charge in [-0.25, -0.2) is 0 Å². The van der Waals surface area contributed by atoms with E-state index in [-0.39, 0.29) is 18.4 Å². The van der Waals surface area contributed by atoms with Gasteiger partial charge in [0.15, 0.2) is 0 Å². The number of nitrogens with zero attached hydrogens (tertiary/aromatic N) is 1. The molecule has 0 aliphatic carbocycles. The van der Waals surface area contributed by atoms with Crippen LogP contribution in [-0.4, -0.2) is 43.0 Å². The molecule has 0 radical (unpaired) electrons. The fourth-order valence-corrected chi connectivity index (χ4v) is 3.52. The van der Waals surface area contributed by atoms with E-state index in [9.17, 15) is 9.59 Å². The van der Waals surface area contributed by atoms with Crippen molar-refractivity contribution in [2.45, 2.75) is 39.5 Å². The second-order valence-electron chi connectivity index (χ2n) is 8.18. The fourth-order valence-electron chi connectivity index (χ4n) is 3.52. The van der Waals surface area contributed by atoms with E-state index >= 15 is 0 Å². The summed E-state index contributed by atoms with van der Waals surface area (Å²) >= 11 is 0. The third kappa shape index (κ3) is 7.02. The highest BCUT2D eigenvalue weighted by molar-refractivity contribution is 5.98. The molecule has 2 aromatic carbocycles. The molecule has 2 N–H and O–H groups in total. The van der Waals surface area contributed by atoms with Crippen LogP contribution in [-0.2, 0) is 4.79 Å². The molecular formula is C25H33N3O3. The number of anilines is 2. The minimum atomic E-state index is -0.167. The maximum Gasteiger partial charge on any atom is 0.253 e. The summed E-state index contributed by atoms with van der Waals surface area (Å²) < 4.78 is 5.65. The Morgan fingerprint density at radius 2 is 1.81 bits per heavy atom. The lowest BCUT2D eigenvalue weighted by atomic mass is 9.98. The third-order valence-corrected chi connectivity index (χ3v) is 5.54. The van der Waals surface area contributed by atoms with Gasteiger partial charge in [-0.2, -0.15) is 0 Å². The van der Waals surface area contributed by atoms with Gasteiger partial charge >= 0.3 is 0 Å².